The van der Waals surface area contributed by atoms with Crippen molar-refractivity contribution in [1.82, 2.24) is 4.90 Å². The maximum atomic E-state index is 13.0. The predicted molar refractivity (Wildman–Crippen MR) is 116 cm³/mol. The van der Waals surface area contributed by atoms with E-state index in [1.807, 2.05) is 43.3 Å². The molecule has 2 aromatic carbocycles. The van der Waals surface area contributed by atoms with Gasteiger partial charge < -0.3 is 10.1 Å². The van der Waals surface area contributed by atoms with Crippen molar-refractivity contribution in [2.45, 2.75) is 37.5 Å². The van der Waals surface area contributed by atoms with Crippen molar-refractivity contribution in [2.24, 2.45) is 4.99 Å². The predicted octanol–water partition coefficient (Wildman–Crippen LogP) is 4.13. The van der Waals surface area contributed by atoms with Gasteiger partial charge in [0.05, 0.1) is 18.5 Å². The maximum absolute atomic E-state index is 13.0. The van der Waals surface area contributed by atoms with Crippen molar-refractivity contribution in [2.75, 3.05) is 12.4 Å². The minimum Gasteiger partial charge on any atom is -0.495 e. The highest BCUT2D eigenvalue weighted by atomic mass is 32.2. The van der Waals surface area contributed by atoms with Gasteiger partial charge in [-0.05, 0) is 49.6 Å². The fourth-order valence-corrected chi connectivity index (χ4v) is 4.50. The molecule has 0 spiro atoms. The standard InChI is InChI=1S/C22H23N3O3S/c1-14-6-5-7-15(12-14)23-22-25(16-10-11-16)21(27)19(29-22)13-20(26)24-17-8-3-4-9-18(17)28-2/h3-9,12,16,19H,10-11,13H2,1-2H3,(H,24,26)/t19-/m0/s1. The number of nitrogens with zero attached hydrogens (tertiary/aromatic N) is 2. The number of carbonyl (C=O) groups is 2. The number of hydrogen-bond acceptors (Lipinski definition) is 5. The summed E-state index contributed by atoms with van der Waals surface area (Å²) in [6.07, 6.45) is 2.07. The number of aliphatic imine (C=N–C) groups is 1. The van der Waals surface area contributed by atoms with Gasteiger partial charge in [0.2, 0.25) is 11.8 Å². The number of anilines is 1. The first-order chi connectivity index (χ1) is 14.0. The van der Waals surface area contributed by atoms with Gasteiger partial charge >= 0.3 is 0 Å². The zero-order chi connectivity index (χ0) is 20.4. The maximum Gasteiger partial charge on any atom is 0.242 e. The van der Waals surface area contributed by atoms with E-state index < -0.39 is 5.25 Å². The lowest BCUT2D eigenvalue weighted by molar-refractivity contribution is -0.128. The highest BCUT2D eigenvalue weighted by Crippen LogP contribution is 2.39. The fraction of sp³-hybridized carbons (Fsp3) is 0.318. The third-order valence-corrected chi connectivity index (χ3v) is 6.01. The summed E-state index contributed by atoms with van der Waals surface area (Å²) in [6, 6.07) is 15.3. The molecule has 1 saturated heterocycles. The molecule has 2 aliphatic rings. The first-order valence-electron chi connectivity index (χ1n) is 9.63. The Kier molecular flexibility index (Phi) is 5.58. The van der Waals surface area contributed by atoms with Crippen molar-refractivity contribution >= 4 is 40.1 Å². The first kappa shape index (κ1) is 19.5. The van der Waals surface area contributed by atoms with Crippen LogP contribution in [0.1, 0.15) is 24.8 Å². The molecule has 2 amide bonds. The van der Waals surface area contributed by atoms with Crippen LogP contribution < -0.4 is 10.1 Å². The van der Waals surface area contributed by atoms with Crippen molar-refractivity contribution < 1.29 is 14.3 Å². The number of benzene rings is 2. The molecular weight excluding hydrogens is 386 g/mol. The van der Waals surface area contributed by atoms with E-state index in [4.69, 9.17) is 9.73 Å². The van der Waals surface area contributed by atoms with Crippen molar-refractivity contribution in [3.63, 3.8) is 0 Å². The summed E-state index contributed by atoms with van der Waals surface area (Å²) >= 11 is 1.38. The fourth-order valence-electron chi connectivity index (χ4n) is 3.29. The Morgan fingerprint density at radius 2 is 2.03 bits per heavy atom. The Morgan fingerprint density at radius 1 is 1.24 bits per heavy atom. The minimum absolute atomic E-state index is 0.0286. The molecular formula is C22H23N3O3S. The van der Waals surface area contributed by atoms with Crippen LogP contribution in [0.15, 0.2) is 53.5 Å². The van der Waals surface area contributed by atoms with E-state index in [1.54, 1.807) is 24.1 Å². The second-order valence-corrected chi connectivity index (χ2v) is 8.40. The van der Waals surface area contributed by atoms with Crippen LogP contribution in [0.2, 0.25) is 0 Å². The van der Waals surface area contributed by atoms with Gasteiger partial charge in [0.25, 0.3) is 0 Å². The molecule has 1 heterocycles. The summed E-state index contributed by atoms with van der Waals surface area (Å²) in [4.78, 5) is 32.1. The molecule has 6 nitrogen and oxygen atoms in total. The Labute approximate surface area is 174 Å². The number of amidine groups is 1. The number of methoxy groups -OCH3 is 1. The summed E-state index contributed by atoms with van der Waals surface area (Å²) < 4.78 is 5.27. The Morgan fingerprint density at radius 3 is 2.76 bits per heavy atom. The Hall–Kier alpha value is -2.80. The lowest BCUT2D eigenvalue weighted by Gasteiger charge is -2.15. The molecule has 1 N–H and O–H groups in total. The summed E-state index contributed by atoms with van der Waals surface area (Å²) in [5, 5.41) is 3.08. The number of nitrogens with one attached hydrogen (secondary N) is 1. The molecule has 0 aromatic heterocycles. The van der Waals surface area contributed by atoms with Crippen LogP contribution in [0.5, 0.6) is 5.75 Å². The van der Waals surface area contributed by atoms with Crippen molar-refractivity contribution in [3.05, 3.63) is 54.1 Å². The number of ether oxygens (including phenoxy) is 1. The number of carbonyl (C=O) groups excluding carboxylic acids is 2. The van der Waals surface area contributed by atoms with E-state index in [-0.39, 0.29) is 24.3 Å². The smallest absolute Gasteiger partial charge is 0.242 e. The molecule has 1 saturated carbocycles. The third kappa shape index (κ3) is 4.45. The first-order valence-corrected chi connectivity index (χ1v) is 10.5. The Balaban J connectivity index is 1.49. The van der Waals surface area contributed by atoms with Crippen molar-refractivity contribution in [1.29, 1.82) is 0 Å². The van der Waals surface area contributed by atoms with E-state index in [0.29, 0.717) is 16.6 Å². The monoisotopic (exact) mass is 409 g/mol. The number of rotatable bonds is 6. The molecule has 0 radical (unpaired) electrons. The second kappa shape index (κ2) is 8.29. The number of aryl methyl sites for hydroxylation is 1. The normalized spacial score (nSPS) is 20.2. The van der Waals surface area contributed by atoms with Gasteiger partial charge in [-0.15, -0.1) is 0 Å². The zero-order valence-electron chi connectivity index (χ0n) is 16.4. The Bertz CT molecular complexity index is 971. The molecule has 29 heavy (non-hydrogen) atoms. The highest BCUT2D eigenvalue weighted by Gasteiger charge is 2.46. The molecule has 150 valence electrons. The molecule has 7 heteroatoms. The minimum atomic E-state index is -0.464. The number of hydrogen-bond donors (Lipinski definition) is 1. The molecule has 1 atom stereocenters. The van der Waals surface area contributed by atoms with E-state index in [0.717, 1.165) is 24.1 Å². The van der Waals surface area contributed by atoms with Crippen LogP contribution in [0.25, 0.3) is 0 Å². The highest BCUT2D eigenvalue weighted by molar-refractivity contribution is 8.15. The zero-order valence-corrected chi connectivity index (χ0v) is 17.2. The number of amides is 2. The summed E-state index contributed by atoms with van der Waals surface area (Å²) in [5.41, 5.74) is 2.54. The number of thioether (sulfide) groups is 1. The molecule has 0 unspecified atom stereocenters. The summed E-state index contributed by atoms with van der Waals surface area (Å²) in [5.74, 6) is 0.347. The SMILES string of the molecule is COc1ccccc1NC(=O)C[C@@H]1SC(=Nc2cccc(C)c2)N(C2CC2)C1=O. The quantitative estimate of drug-likeness (QED) is 0.779. The van der Waals surface area contributed by atoms with Gasteiger partial charge in [0.15, 0.2) is 5.17 Å². The average molecular weight is 410 g/mol. The van der Waals surface area contributed by atoms with E-state index in [1.165, 1.54) is 11.8 Å². The van der Waals surface area contributed by atoms with Crippen LogP contribution in [0.3, 0.4) is 0 Å². The van der Waals surface area contributed by atoms with Crippen molar-refractivity contribution in [3.8, 4) is 5.75 Å². The summed E-state index contributed by atoms with van der Waals surface area (Å²) in [7, 11) is 1.56. The van der Waals surface area contributed by atoms with Crippen LogP contribution in [0, 0.1) is 6.92 Å². The van der Waals surface area contributed by atoms with Gasteiger partial charge in [0.1, 0.15) is 11.0 Å². The molecule has 2 aromatic rings. The van der Waals surface area contributed by atoms with Gasteiger partial charge in [-0.25, -0.2) is 4.99 Å². The number of para-hydroxylation sites is 2. The van der Waals surface area contributed by atoms with Crippen LogP contribution >= 0.6 is 11.8 Å². The lowest BCUT2D eigenvalue weighted by atomic mass is 10.2. The van der Waals surface area contributed by atoms with Gasteiger partial charge in [-0.2, -0.15) is 0 Å². The van der Waals surface area contributed by atoms with E-state index in [9.17, 15) is 9.59 Å². The lowest BCUT2D eigenvalue weighted by Crippen LogP contribution is -2.35. The topological polar surface area (TPSA) is 71.0 Å². The third-order valence-electron chi connectivity index (χ3n) is 4.86. The molecule has 2 fully saturated rings. The van der Waals surface area contributed by atoms with Gasteiger partial charge in [0, 0.05) is 12.5 Å². The molecule has 1 aliphatic heterocycles. The van der Waals surface area contributed by atoms with Crippen LogP contribution in [-0.4, -0.2) is 40.3 Å². The largest absolute Gasteiger partial charge is 0.495 e. The van der Waals surface area contributed by atoms with Gasteiger partial charge in [-0.3, -0.25) is 14.5 Å². The average Bonchev–Trinajstić information content (AvgIpc) is 3.48. The van der Waals surface area contributed by atoms with E-state index >= 15 is 0 Å². The second-order valence-electron chi connectivity index (χ2n) is 7.23. The molecule has 1 aliphatic carbocycles. The van der Waals surface area contributed by atoms with Gasteiger partial charge in [-0.1, -0.05) is 36.0 Å². The summed E-state index contributed by atoms with van der Waals surface area (Å²) in [6.45, 7) is 2.01. The molecule has 0 bridgehead atoms. The molecule has 4 rings (SSSR count). The van der Waals surface area contributed by atoms with Crippen LogP contribution in [-0.2, 0) is 9.59 Å². The van der Waals surface area contributed by atoms with Crippen LogP contribution in [0.4, 0.5) is 11.4 Å². The van der Waals surface area contributed by atoms with E-state index in [2.05, 4.69) is 5.32 Å².